The number of nitrogens with one attached hydrogen (secondary N) is 1. The van der Waals surface area contributed by atoms with Gasteiger partial charge in [-0.15, -0.1) is 0 Å². The van der Waals surface area contributed by atoms with Gasteiger partial charge in [-0.2, -0.15) is 0 Å². The summed E-state index contributed by atoms with van der Waals surface area (Å²) in [7, 11) is 0. The highest BCUT2D eigenvalue weighted by Crippen LogP contribution is 2.20. The molecule has 2 aromatic rings. The number of benzene rings is 1. The van der Waals surface area contributed by atoms with Crippen LogP contribution in [0.1, 0.15) is 19.8 Å². The number of aromatic nitrogens is 2. The van der Waals surface area contributed by atoms with E-state index in [2.05, 4.69) is 22.2 Å². The molecule has 0 bridgehead atoms. The third-order valence-electron chi connectivity index (χ3n) is 3.73. The SMILES string of the molecule is C[C@@H](Nc1cnc2ccccc2n1)[C@@H]1CCCOC1. The molecule has 0 saturated carbocycles. The number of rotatable bonds is 3. The van der Waals surface area contributed by atoms with Gasteiger partial charge in [-0.1, -0.05) is 12.1 Å². The minimum absolute atomic E-state index is 0.357. The van der Waals surface area contributed by atoms with E-state index in [9.17, 15) is 0 Å². The lowest BCUT2D eigenvalue weighted by Gasteiger charge is -2.28. The predicted molar refractivity (Wildman–Crippen MR) is 76.2 cm³/mol. The molecule has 100 valence electrons. The summed E-state index contributed by atoms with van der Waals surface area (Å²) in [5.74, 6) is 1.40. The Hall–Kier alpha value is -1.68. The van der Waals surface area contributed by atoms with Crippen molar-refractivity contribution in [3.63, 3.8) is 0 Å². The summed E-state index contributed by atoms with van der Waals surface area (Å²) in [6, 6.07) is 8.29. The Morgan fingerprint density at radius 3 is 2.95 bits per heavy atom. The Balaban J connectivity index is 1.73. The number of fused-ring (bicyclic) bond motifs is 1. The molecule has 0 aliphatic carbocycles. The van der Waals surface area contributed by atoms with Gasteiger partial charge in [0.05, 0.1) is 23.8 Å². The molecule has 2 atom stereocenters. The van der Waals surface area contributed by atoms with Gasteiger partial charge in [0, 0.05) is 18.6 Å². The minimum Gasteiger partial charge on any atom is -0.381 e. The van der Waals surface area contributed by atoms with Crippen molar-refractivity contribution in [1.82, 2.24) is 9.97 Å². The molecule has 1 fully saturated rings. The van der Waals surface area contributed by atoms with Crippen molar-refractivity contribution in [3.05, 3.63) is 30.5 Å². The van der Waals surface area contributed by atoms with Crippen LogP contribution in [0.25, 0.3) is 11.0 Å². The molecule has 1 aromatic heterocycles. The summed E-state index contributed by atoms with van der Waals surface area (Å²) in [5, 5.41) is 3.45. The van der Waals surface area contributed by atoms with Crippen molar-refractivity contribution in [2.75, 3.05) is 18.5 Å². The molecule has 19 heavy (non-hydrogen) atoms. The van der Waals surface area contributed by atoms with Crippen LogP contribution in [0.3, 0.4) is 0 Å². The van der Waals surface area contributed by atoms with E-state index in [1.54, 1.807) is 0 Å². The molecule has 4 nitrogen and oxygen atoms in total. The van der Waals surface area contributed by atoms with Crippen LogP contribution in [0.4, 0.5) is 5.82 Å². The fourth-order valence-corrected chi connectivity index (χ4v) is 2.54. The van der Waals surface area contributed by atoms with Crippen LogP contribution in [-0.2, 0) is 4.74 Å². The average Bonchev–Trinajstić information content (AvgIpc) is 2.48. The quantitative estimate of drug-likeness (QED) is 0.918. The van der Waals surface area contributed by atoms with Crippen LogP contribution in [-0.4, -0.2) is 29.2 Å². The Morgan fingerprint density at radius 2 is 2.16 bits per heavy atom. The first-order valence-corrected chi connectivity index (χ1v) is 6.89. The van der Waals surface area contributed by atoms with E-state index in [0.29, 0.717) is 12.0 Å². The summed E-state index contributed by atoms with van der Waals surface area (Å²) in [6.45, 7) is 3.93. The fraction of sp³-hybridized carbons (Fsp3) is 0.467. The highest BCUT2D eigenvalue weighted by Gasteiger charge is 2.20. The second-order valence-corrected chi connectivity index (χ2v) is 5.15. The van der Waals surface area contributed by atoms with E-state index in [0.717, 1.165) is 36.5 Å². The van der Waals surface area contributed by atoms with E-state index in [1.807, 2.05) is 30.5 Å². The van der Waals surface area contributed by atoms with Crippen LogP contribution >= 0.6 is 0 Å². The third kappa shape index (κ3) is 2.84. The molecular formula is C15H19N3O. The van der Waals surface area contributed by atoms with Crippen molar-refractivity contribution in [3.8, 4) is 0 Å². The smallest absolute Gasteiger partial charge is 0.145 e. The first-order chi connectivity index (χ1) is 9.33. The monoisotopic (exact) mass is 257 g/mol. The van der Waals surface area contributed by atoms with E-state index >= 15 is 0 Å². The van der Waals surface area contributed by atoms with E-state index in [1.165, 1.54) is 6.42 Å². The molecule has 1 aliphatic rings. The van der Waals surface area contributed by atoms with Gasteiger partial charge in [0.1, 0.15) is 5.82 Å². The topological polar surface area (TPSA) is 47.0 Å². The maximum Gasteiger partial charge on any atom is 0.145 e. The lowest BCUT2D eigenvalue weighted by Crippen LogP contribution is -2.32. The molecule has 2 heterocycles. The number of anilines is 1. The van der Waals surface area contributed by atoms with Crippen molar-refractivity contribution < 1.29 is 4.74 Å². The summed E-state index contributed by atoms with van der Waals surface area (Å²) < 4.78 is 5.54. The van der Waals surface area contributed by atoms with Crippen molar-refractivity contribution in [1.29, 1.82) is 0 Å². The van der Waals surface area contributed by atoms with Gasteiger partial charge in [-0.05, 0) is 31.9 Å². The molecule has 1 aromatic carbocycles. The third-order valence-corrected chi connectivity index (χ3v) is 3.73. The molecule has 4 heteroatoms. The molecule has 1 saturated heterocycles. The summed E-state index contributed by atoms with van der Waals surface area (Å²) in [6.07, 6.45) is 4.18. The molecule has 0 unspecified atom stereocenters. The summed E-state index contributed by atoms with van der Waals surface area (Å²) in [4.78, 5) is 9.02. The maximum atomic E-state index is 5.54. The zero-order valence-electron chi connectivity index (χ0n) is 11.2. The average molecular weight is 257 g/mol. The van der Waals surface area contributed by atoms with E-state index < -0.39 is 0 Å². The van der Waals surface area contributed by atoms with Crippen molar-refractivity contribution in [2.24, 2.45) is 5.92 Å². The van der Waals surface area contributed by atoms with Gasteiger partial charge >= 0.3 is 0 Å². The van der Waals surface area contributed by atoms with Crippen LogP contribution in [0.5, 0.6) is 0 Å². The zero-order chi connectivity index (χ0) is 13.1. The summed E-state index contributed by atoms with van der Waals surface area (Å²) >= 11 is 0. The van der Waals surface area contributed by atoms with Crippen LogP contribution < -0.4 is 5.32 Å². The second-order valence-electron chi connectivity index (χ2n) is 5.15. The Morgan fingerprint density at radius 1 is 1.32 bits per heavy atom. The number of nitrogens with zero attached hydrogens (tertiary/aromatic N) is 2. The molecule has 0 amide bonds. The number of hydrogen-bond donors (Lipinski definition) is 1. The van der Waals surface area contributed by atoms with Crippen molar-refractivity contribution >= 4 is 16.9 Å². The first-order valence-electron chi connectivity index (χ1n) is 6.89. The number of hydrogen-bond acceptors (Lipinski definition) is 4. The number of para-hydroxylation sites is 2. The molecular weight excluding hydrogens is 238 g/mol. The predicted octanol–water partition coefficient (Wildman–Crippen LogP) is 2.86. The molecule has 3 rings (SSSR count). The van der Waals surface area contributed by atoms with Gasteiger partial charge in [0.15, 0.2) is 0 Å². The van der Waals surface area contributed by atoms with Crippen LogP contribution in [0.15, 0.2) is 30.5 Å². The lowest BCUT2D eigenvalue weighted by atomic mass is 9.95. The minimum atomic E-state index is 0.357. The molecule has 0 spiro atoms. The fourth-order valence-electron chi connectivity index (χ4n) is 2.54. The zero-order valence-corrected chi connectivity index (χ0v) is 11.2. The molecule has 1 N–H and O–H groups in total. The van der Waals surface area contributed by atoms with Crippen molar-refractivity contribution in [2.45, 2.75) is 25.8 Å². The van der Waals surface area contributed by atoms with Crippen LogP contribution in [0, 0.1) is 5.92 Å². The second kappa shape index (κ2) is 5.53. The van der Waals surface area contributed by atoms with Gasteiger partial charge in [-0.3, -0.25) is 4.98 Å². The highest BCUT2D eigenvalue weighted by atomic mass is 16.5. The highest BCUT2D eigenvalue weighted by molar-refractivity contribution is 5.75. The van der Waals surface area contributed by atoms with Gasteiger partial charge < -0.3 is 10.1 Å². The summed E-state index contributed by atoms with van der Waals surface area (Å²) in [5.41, 5.74) is 1.86. The number of ether oxygens (including phenoxy) is 1. The van der Waals surface area contributed by atoms with E-state index in [4.69, 9.17) is 4.74 Å². The largest absolute Gasteiger partial charge is 0.381 e. The normalized spacial score (nSPS) is 21.2. The van der Waals surface area contributed by atoms with Gasteiger partial charge in [0.2, 0.25) is 0 Å². The van der Waals surface area contributed by atoms with Gasteiger partial charge in [0.25, 0.3) is 0 Å². The molecule has 0 radical (unpaired) electrons. The lowest BCUT2D eigenvalue weighted by molar-refractivity contribution is 0.0496. The molecule has 1 aliphatic heterocycles. The Kier molecular flexibility index (Phi) is 3.60. The first kappa shape index (κ1) is 12.4. The Bertz CT molecular complexity index is 552. The van der Waals surface area contributed by atoms with E-state index in [-0.39, 0.29) is 0 Å². The standard InChI is InChI=1S/C15H19N3O/c1-11(12-5-4-8-19-10-12)17-15-9-16-13-6-2-3-7-14(13)18-15/h2-3,6-7,9,11-12H,4-5,8,10H2,1H3,(H,17,18)/t11-,12-/m1/s1. The van der Waals surface area contributed by atoms with Gasteiger partial charge in [-0.25, -0.2) is 4.98 Å². The maximum absolute atomic E-state index is 5.54. The Labute approximate surface area is 113 Å². The van der Waals surface area contributed by atoms with Crippen LogP contribution in [0.2, 0.25) is 0 Å².